The molecule has 0 aliphatic heterocycles. The van der Waals surface area contributed by atoms with Crippen LogP contribution in [0.5, 0.6) is 0 Å². The fourth-order valence-electron chi connectivity index (χ4n) is 13.2. The molecule has 6 rings (SSSR count). The normalized spacial score (nSPS) is 37.5. The Labute approximate surface area is 312 Å². The quantitative estimate of drug-likeness (QED) is 0.219. The molecule has 4 fully saturated rings. The van der Waals surface area contributed by atoms with Crippen molar-refractivity contribution in [2.24, 2.45) is 56.2 Å². The third-order valence-corrected chi connectivity index (χ3v) is 16.1. The first-order valence-corrected chi connectivity index (χ1v) is 20.1. The number of nitrogens with one attached hydrogen (secondary N) is 1. The minimum atomic E-state index is -1.16. The van der Waals surface area contributed by atoms with Crippen molar-refractivity contribution in [2.75, 3.05) is 13.7 Å². The van der Waals surface area contributed by atoms with Gasteiger partial charge in [-0.05, 0) is 123 Å². The predicted molar refractivity (Wildman–Crippen MR) is 202 cm³/mol. The summed E-state index contributed by atoms with van der Waals surface area (Å²) in [6.07, 6.45) is 10.2. The summed E-state index contributed by atoms with van der Waals surface area (Å²) < 4.78 is 12.6. The van der Waals surface area contributed by atoms with Gasteiger partial charge in [0.2, 0.25) is 0 Å². The topological polar surface area (TPSA) is 115 Å². The molecule has 4 saturated carbocycles. The van der Waals surface area contributed by atoms with Crippen molar-refractivity contribution in [3.63, 3.8) is 0 Å². The molecule has 1 heterocycles. The molecule has 1 aromatic heterocycles. The minimum absolute atomic E-state index is 0.0447. The van der Waals surface area contributed by atoms with Crippen molar-refractivity contribution in [1.82, 2.24) is 10.3 Å². The highest BCUT2D eigenvalue weighted by molar-refractivity contribution is 6.00. The summed E-state index contributed by atoms with van der Waals surface area (Å²) in [5, 5.41) is 13.3. The Bertz CT molecular complexity index is 1580. The number of carboxylic acids is 1. The molecule has 5 aliphatic carbocycles. The number of ketones is 1. The van der Waals surface area contributed by atoms with Gasteiger partial charge in [-0.2, -0.15) is 0 Å². The van der Waals surface area contributed by atoms with E-state index >= 15 is 0 Å². The minimum Gasteiger partial charge on any atom is -0.481 e. The molecule has 8 nitrogen and oxygen atoms in total. The van der Waals surface area contributed by atoms with Crippen molar-refractivity contribution < 1.29 is 29.0 Å². The van der Waals surface area contributed by atoms with Crippen LogP contribution in [0.4, 0.5) is 0 Å². The first-order chi connectivity index (χ1) is 24.3. The fraction of sp³-hybridized carbons (Fsp3) is 0.773. The highest BCUT2D eigenvalue weighted by Gasteiger charge is 2.71. The van der Waals surface area contributed by atoms with Crippen molar-refractivity contribution in [2.45, 2.75) is 145 Å². The number of ether oxygens (including phenoxy) is 2. The summed E-state index contributed by atoms with van der Waals surface area (Å²) >= 11 is 0. The van der Waals surface area contributed by atoms with Crippen molar-refractivity contribution >= 4 is 17.7 Å². The van der Waals surface area contributed by atoms with E-state index in [9.17, 15) is 19.5 Å². The van der Waals surface area contributed by atoms with Gasteiger partial charge in [-0.15, -0.1) is 0 Å². The molecule has 5 aliphatic rings. The summed E-state index contributed by atoms with van der Waals surface area (Å²) in [5.41, 5.74) is 2.07. The van der Waals surface area contributed by atoms with E-state index in [1.54, 1.807) is 13.8 Å². The van der Waals surface area contributed by atoms with E-state index in [1.807, 2.05) is 31.5 Å². The van der Waals surface area contributed by atoms with Gasteiger partial charge in [-0.1, -0.05) is 60.1 Å². The summed E-state index contributed by atoms with van der Waals surface area (Å²) in [6.45, 7) is 21.2. The first kappa shape index (κ1) is 39.1. The fourth-order valence-corrected chi connectivity index (χ4v) is 13.2. The number of nitrogens with zero attached hydrogens (tertiary/aromatic N) is 1. The van der Waals surface area contributed by atoms with Crippen LogP contribution in [0.2, 0.25) is 0 Å². The highest BCUT2D eigenvalue weighted by Crippen LogP contribution is 2.77. The zero-order chi connectivity index (χ0) is 38.1. The number of aliphatic carboxylic acids is 1. The number of allylic oxidation sites excluding steroid dienone is 1. The van der Waals surface area contributed by atoms with Gasteiger partial charge < -0.3 is 19.9 Å². The first-order valence-electron chi connectivity index (χ1n) is 20.1. The summed E-state index contributed by atoms with van der Waals surface area (Å²) in [7, 11) is 1.83. The van der Waals surface area contributed by atoms with Gasteiger partial charge in [-0.25, -0.2) is 0 Å². The average Bonchev–Trinajstić information content (AvgIpc) is 3.38. The van der Waals surface area contributed by atoms with Gasteiger partial charge in [-0.3, -0.25) is 19.4 Å². The molecular weight excluding hydrogens is 652 g/mol. The van der Waals surface area contributed by atoms with Crippen LogP contribution >= 0.6 is 0 Å². The molecule has 9 atom stereocenters. The lowest BCUT2D eigenvalue weighted by Crippen LogP contribution is -2.66. The van der Waals surface area contributed by atoms with Gasteiger partial charge in [0.1, 0.15) is 6.10 Å². The Hall–Kier alpha value is -2.58. The second kappa shape index (κ2) is 13.6. The van der Waals surface area contributed by atoms with Crippen molar-refractivity contribution in [3.8, 4) is 0 Å². The molecule has 288 valence electrons. The Kier molecular flexibility index (Phi) is 10.2. The van der Waals surface area contributed by atoms with E-state index < -0.39 is 17.4 Å². The molecule has 2 N–H and O–H groups in total. The lowest BCUT2D eigenvalue weighted by atomic mass is 9.33. The number of methoxy groups -OCH3 is 1. The molecule has 0 aromatic carbocycles. The third-order valence-electron chi connectivity index (χ3n) is 16.1. The summed E-state index contributed by atoms with van der Waals surface area (Å²) in [4.78, 5) is 43.5. The zero-order valence-electron chi connectivity index (χ0n) is 33.7. The number of hydrogen-bond donors (Lipinski definition) is 2. The van der Waals surface area contributed by atoms with Crippen molar-refractivity contribution in [3.05, 3.63) is 41.2 Å². The van der Waals surface area contributed by atoms with E-state index in [2.05, 4.69) is 58.8 Å². The van der Waals surface area contributed by atoms with Crippen LogP contribution in [0.25, 0.3) is 0 Å². The van der Waals surface area contributed by atoms with Crippen LogP contribution in [0.3, 0.4) is 0 Å². The van der Waals surface area contributed by atoms with E-state index in [0.29, 0.717) is 43.0 Å². The second-order valence-corrected chi connectivity index (χ2v) is 19.7. The monoisotopic (exact) mass is 718 g/mol. The number of Topliss-reactive ketones (excluding diaryl/α,β-unsaturated/α-hetero) is 1. The molecule has 0 bridgehead atoms. The molecule has 0 radical (unpaired) electrons. The maximum Gasteiger partial charge on any atom is 0.309 e. The Balaban J connectivity index is 1.28. The van der Waals surface area contributed by atoms with Gasteiger partial charge >= 0.3 is 11.9 Å². The van der Waals surface area contributed by atoms with Crippen LogP contribution in [0.1, 0.15) is 132 Å². The van der Waals surface area contributed by atoms with Crippen molar-refractivity contribution in [1.29, 1.82) is 0 Å². The summed E-state index contributed by atoms with van der Waals surface area (Å²) in [5.74, 6) is 0.353. The van der Waals surface area contributed by atoms with Gasteiger partial charge in [0.15, 0.2) is 5.78 Å². The van der Waals surface area contributed by atoms with Crippen LogP contribution in [-0.2, 0) is 30.4 Å². The van der Waals surface area contributed by atoms with E-state index in [1.165, 1.54) is 5.57 Å². The van der Waals surface area contributed by atoms with Gasteiger partial charge in [0.05, 0.1) is 23.6 Å². The SMILES string of the molecule is CO[C@@H](CNCc1ccccn1)C12CC[C@]3(C)[C@H](CCC4[C@@]5(C)CC[C@H](OC(=O)CC(C)(C)C(=O)O)C(C)(C)C5CC[C@]43C)C1=C(C(C)C)C(=O)C2. The number of esters is 1. The Morgan fingerprint density at radius 3 is 2.35 bits per heavy atom. The number of aromatic nitrogens is 1. The number of fused-ring (bicyclic) bond motifs is 7. The average molecular weight is 719 g/mol. The molecule has 0 spiro atoms. The van der Waals surface area contributed by atoms with Gasteiger partial charge in [0, 0.05) is 43.6 Å². The van der Waals surface area contributed by atoms with Crippen LogP contribution in [0.15, 0.2) is 35.5 Å². The van der Waals surface area contributed by atoms with E-state index in [4.69, 9.17) is 9.47 Å². The molecule has 0 amide bonds. The number of hydrogen-bond acceptors (Lipinski definition) is 7. The number of carbonyl (C=O) groups excluding carboxylic acids is 2. The number of pyridine rings is 1. The Morgan fingerprint density at radius 2 is 1.71 bits per heavy atom. The summed E-state index contributed by atoms with van der Waals surface area (Å²) in [6, 6.07) is 5.99. The number of carbonyl (C=O) groups is 3. The molecule has 0 saturated heterocycles. The van der Waals surface area contributed by atoms with Crippen LogP contribution in [0, 0.1) is 56.2 Å². The largest absolute Gasteiger partial charge is 0.481 e. The number of carboxylic acid groups (broad SMARTS) is 1. The van der Waals surface area contributed by atoms with Crippen LogP contribution in [-0.4, -0.2) is 53.7 Å². The van der Waals surface area contributed by atoms with E-state index in [0.717, 1.165) is 62.6 Å². The maximum atomic E-state index is 14.2. The van der Waals surface area contributed by atoms with Gasteiger partial charge in [0.25, 0.3) is 0 Å². The van der Waals surface area contributed by atoms with E-state index in [-0.39, 0.29) is 51.6 Å². The lowest BCUT2D eigenvalue weighted by Gasteiger charge is -2.72. The molecular formula is C44H66N2O6. The standard InChI is InChI=1S/C44H66N2O6/c1-27(2)36-30(47)23-44(34(51-10)26-45-25-28-13-11-12-22-46-28)21-20-42(8)29(37(36)44)14-15-32-41(7)18-17-33(52-35(48)24-39(3,4)38(49)50)40(5,6)31(41)16-19-43(32,42)9/h11-13,22,27,29,31-34,45H,14-21,23-26H2,1-10H3,(H,49,50)/t29-,31?,32?,33+,34+,41+,42-,43-,44?/m1/s1. The number of rotatable bonds is 11. The molecule has 52 heavy (non-hydrogen) atoms. The smallest absolute Gasteiger partial charge is 0.309 e. The molecule has 8 heteroatoms. The van der Waals surface area contributed by atoms with Crippen LogP contribution < -0.4 is 5.32 Å². The molecule has 3 unspecified atom stereocenters. The lowest BCUT2D eigenvalue weighted by molar-refractivity contribution is -0.235. The maximum absolute atomic E-state index is 14.2. The third kappa shape index (κ3) is 6.01. The zero-order valence-corrected chi connectivity index (χ0v) is 33.7. The Morgan fingerprint density at radius 1 is 0.981 bits per heavy atom. The second-order valence-electron chi connectivity index (χ2n) is 19.7. The predicted octanol–water partition coefficient (Wildman–Crippen LogP) is 8.58. The molecule has 1 aromatic rings. The highest BCUT2D eigenvalue weighted by atomic mass is 16.5.